The molecule has 0 radical (unpaired) electrons. The second kappa shape index (κ2) is 7.16. The van der Waals surface area contributed by atoms with Gasteiger partial charge in [-0.3, -0.25) is 0 Å². The van der Waals surface area contributed by atoms with Gasteiger partial charge in [-0.15, -0.1) is 0 Å². The van der Waals surface area contributed by atoms with E-state index in [1.54, 1.807) is 0 Å². The Labute approximate surface area is 193 Å². The monoisotopic (exact) mass is 448 g/mol. The molecule has 14 atom stereocenters. The summed E-state index contributed by atoms with van der Waals surface area (Å²) < 4.78 is 13.3. The van der Waals surface area contributed by atoms with E-state index in [1.807, 2.05) is 0 Å². The summed E-state index contributed by atoms with van der Waals surface area (Å²) in [6.45, 7) is 10.3. The standard InChI is InChI=1S/C27H44O5/c1-14-5-8-27(31-13-14)15(2)24-23(32-27)11-18-16-9-20(28)19-10-21(29)22(30)12-26(19,4)17(16)6-7-25(18,24)3/h14-24,28-30H,5-13H2,1-4H3/t14-,15-,16+,17-,18-,19+,20+,21+,22-,23-,24-,25-,26+,27?/m0/s1. The average Bonchev–Trinajstić information content (AvgIpc) is 3.18. The lowest BCUT2D eigenvalue weighted by atomic mass is 9.43. The average molecular weight is 449 g/mol. The van der Waals surface area contributed by atoms with Crippen LogP contribution in [0.15, 0.2) is 0 Å². The number of fused-ring (bicyclic) bond motifs is 7. The Bertz CT molecular complexity index is 748. The number of aliphatic hydroxyl groups excluding tert-OH is 3. The third-order valence-electron chi connectivity index (χ3n) is 12.0. The van der Waals surface area contributed by atoms with Crippen LogP contribution in [-0.4, -0.2) is 52.1 Å². The molecule has 0 bridgehead atoms. The molecule has 6 fully saturated rings. The van der Waals surface area contributed by atoms with Gasteiger partial charge < -0.3 is 24.8 Å². The van der Waals surface area contributed by atoms with Crippen LogP contribution in [0.4, 0.5) is 0 Å². The first-order valence-corrected chi connectivity index (χ1v) is 13.4. The Balaban J connectivity index is 1.28. The maximum atomic E-state index is 11.3. The fourth-order valence-corrected chi connectivity index (χ4v) is 10.3. The lowest BCUT2D eigenvalue weighted by Gasteiger charge is -2.62. The van der Waals surface area contributed by atoms with Gasteiger partial charge in [-0.2, -0.15) is 0 Å². The Kier molecular flexibility index (Phi) is 4.99. The number of aliphatic hydroxyl groups is 3. The molecule has 5 nitrogen and oxygen atoms in total. The predicted molar refractivity (Wildman–Crippen MR) is 121 cm³/mol. The van der Waals surface area contributed by atoms with Crippen molar-refractivity contribution in [3.63, 3.8) is 0 Å². The minimum absolute atomic E-state index is 0.0870. The summed E-state index contributed by atoms with van der Waals surface area (Å²) in [6, 6.07) is 0. The zero-order chi connectivity index (χ0) is 22.6. The van der Waals surface area contributed by atoms with Gasteiger partial charge in [0.1, 0.15) is 0 Å². The van der Waals surface area contributed by atoms with Crippen LogP contribution in [0.2, 0.25) is 0 Å². The van der Waals surface area contributed by atoms with E-state index in [4.69, 9.17) is 9.47 Å². The SMILES string of the molecule is C[C@H]1CCC2(OC1)O[C@H]1C[C@H]3[C@@H]4C[C@@H](O)[C@H]5C[C@@H](O)[C@@H](O)C[C@]5(C)[C@H]4CC[C@]3(C)[C@H]1[C@@H]2C. The van der Waals surface area contributed by atoms with Crippen molar-refractivity contribution in [1.82, 2.24) is 0 Å². The summed E-state index contributed by atoms with van der Waals surface area (Å²) in [5.74, 6) is 2.86. The topological polar surface area (TPSA) is 79.2 Å². The van der Waals surface area contributed by atoms with Crippen LogP contribution in [0.1, 0.15) is 79.1 Å². The van der Waals surface area contributed by atoms with E-state index >= 15 is 0 Å². The second-order valence-corrected chi connectivity index (χ2v) is 13.4. The fourth-order valence-electron chi connectivity index (χ4n) is 10.3. The molecule has 2 aliphatic heterocycles. The van der Waals surface area contributed by atoms with E-state index in [0.29, 0.717) is 48.3 Å². The largest absolute Gasteiger partial charge is 0.393 e. The van der Waals surface area contributed by atoms with E-state index < -0.39 is 12.2 Å². The van der Waals surface area contributed by atoms with Gasteiger partial charge in [0, 0.05) is 12.3 Å². The molecule has 6 aliphatic rings. The van der Waals surface area contributed by atoms with E-state index in [1.165, 1.54) is 19.3 Å². The first-order chi connectivity index (χ1) is 15.1. The van der Waals surface area contributed by atoms with Crippen LogP contribution in [0.3, 0.4) is 0 Å². The summed E-state index contributed by atoms with van der Waals surface area (Å²) >= 11 is 0. The molecule has 32 heavy (non-hydrogen) atoms. The molecule has 5 heteroatoms. The van der Waals surface area contributed by atoms with Crippen molar-refractivity contribution in [2.75, 3.05) is 6.61 Å². The van der Waals surface area contributed by atoms with Crippen LogP contribution < -0.4 is 0 Å². The molecule has 6 rings (SSSR count). The molecule has 2 saturated heterocycles. The van der Waals surface area contributed by atoms with E-state index in [0.717, 1.165) is 25.9 Å². The van der Waals surface area contributed by atoms with Gasteiger partial charge in [0.05, 0.1) is 31.0 Å². The molecule has 0 aromatic carbocycles. The predicted octanol–water partition coefficient (Wildman–Crippen LogP) is 3.74. The van der Waals surface area contributed by atoms with Gasteiger partial charge in [0.15, 0.2) is 5.79 Å². The first kappa shape index (κ1) is 22.3. The second-order valence-electron chi connectivity index (χ2n) is 13.4. The van der Waals surface area contributed by atoms with Crippen LogP contribution in [0.25, 0.3) is 0 Å². The third-order valence-corrected chi connectivity index (χ3v) is 12.0. The first-order valence-electron chi connectivity index (χ1n) is 13.4. The molecule has 4 saturated carbocycles. The quantitative estimate of drug-likeness (QED) is 0.526. The molecule has 0 amide bonds. The Morgan fingerprint density at radius 1 is 0.781 bits per heavy atom. The number of ether oxygens (including phenoxy) is 2. The minimum atomic E-state index is -0.692. The van der Waals surface area contributed by atoms with Crippen molar-refractivity contribution >= 4 is 0 Å². The molecule has 2 heterocycles. The molecular weight excluding hydrogens is 404 g/mol. The highest BCUT2D eigenvalue weighted by Gasteiger charge is 2.70. The summed E-state index contributed by atoms with van der Waals surface area (Å²) in [7, 11) is 0. The van der Waals surface area contributed by atoms with Gasteiger partial charge in [-0.05, 0) is 91.3 Å². The highest BCUT2D eigenvalue weighted by molar-refractivity contribution is 5.16. The highest BCUT2D eigenvalue weighted by Crippen LogP contribution is 2.71. The van der Waals surface area contributed by atoms with Crippen molar-refractivity contribution in [2.24, 2.45) is 52.3 Å². The van der Waals surface area contributed by atoms with Gasteiger partial charge in [-0.1, -0.05) is 27.7 Å². The number of rotatable bonds is 0. The van der Waals surface area contributed by atoms with Crippen LogP contribution >= 0.6 is 0 Å². The summed E-state index contributed by atoms with van der Waals surface area (Å²) in [6.07, 6.45) is 6.22. The molecular formula is C27H44O5. The van der Waals surface area contributed by atoms with Crippen molar-refractivity contribution < 1.29 is 24.8 Å². The summed E-state index contributed by atoms with van der Waals surface area (Å²) in [4.78, 5) is 0. The minimum Gasteiger partial charge on any atom is -0.393 e. The zero-order valence-corrected chi connectivity index (χ0v) is 20.4. The summed E-state index contributed by atoms with van der Waals surface area (Å²) in [5.41, 5.74) is 0.146. The van der Waals surface area contributed by atoms with Gasteiger partial charge >= 0.3 is 0 Å². The van der Waals surface area contributed by atoms with Crippen molar-refractivity contribution in [3.05, 3.63) is 0 Å². The van der Waals surface area contributed by atoms with Crippen LogP contribution in [0, 0.1) is 52.3 Å². The number of hydrogen-bond acceptors (Lipinski definition) is 5. The normalized spacial score (nSPS) is 64.0. The molecule has 182 valence electrons. The fraction of sp³-hybridized carbons (Fsp3) is 1.00. The molecule has 0 aromatic rings. The van der Waals surface area contributed by atoms with Crippen LogP contribution in [-0.2, 0) is 9.47 Å². The van der Waals surface area contributed by atoms with Gasteiger partial charge in [0.25, 0.3) is 0 Å². The molecule has 1 unspecified atom stereocenters. The lowest BCUT2D eigenvalue weighted by Crippen LogP contribution is -2.61. The lowest BCUT2D eigenvalue weighted by molar-refractivity contribution is -0.273. The van der Waals surface area contributed by atoms with Crippen molar-refractivity contribution in [2.45, 2.75) is 109 Å². The molecule has 1 spiro atoms. The van der Waals surface area contributed by atoms with E-state index in [-0.39, 0.29) is 34.7 Å². The molecule has 0 aromatic heterocycles. The van der Waals surface area contributed by atoms with Crippen molar-refractivity contribution in [3.8, 4) is 0 Å². The van der Waals surface area contributed by atoms with Gasteiger partial charge in [-0.25, -0.2) is 0 Å². The van der Waals surface area contributed by atoms with E-state index in [2.05, 4.69) is 27.7 Å². The smallest absolute Gasteiger partial charge is 0.171 e. The highest BCUT2D eigenvalue weighted by atomic mass is 16.7. The Morgan fingerprint density at radius 3 is 2.28 bits per heavy atom. The van der Waals surface area contributed by atoms with Crippen molar-refractivity contribution in [1.29, 1.82) is 0 Å². The number of hydrogen-bond donors (Lipinski definition) is 3. The molecule has 3 N–H and O–H groups in total. The summed E-state index contributed by atoms with van der Waals surface area (Å²) in [5, 5.41) is 32.1. The van der Waals surface area contributed by atoms with Gasteiger partial charge in [0.2, 0.25) is 0 Å². The maximum Gasteiger partial charge on any atom is 0.171 e. The zero-order valence-electron chi connectivity index (χ0n) is 20.4. The van der Waals surface area contributed by atoms with Crippen LogP contribution in [0.5, 0.6) is 0 Å². The Hall–Kier alpha value is -0.200. The Morgan fingerprint density at radius 2 is 1.56 bits per heavy atom. The maximum absolute atomic E-state index is 11.3. The third kappa shape index (κ3) is 2.81. The van der Waals surface area contributed by atoms with E-state index in [9.17, 15) is 15.3 Å². The molecule has 4 aliphatic carbocycles.